The monoisotopic (exact) mass is 354 g/mol. The third-order valence-corrected chi connectivity index (χ3v) is 6.46. The highest BCUT2D eigenvalue weighted by Gasteiger charge is 2.28. The molecule has 2 unspecified atom stereocenters. The predicted octanol–water partition coefficient (Wildman–Crippen LogP) is 2.64. The van der Waals surface area contributed by atoms with Crippen molar-refractivity contribution in [3.05, 3.63) is 35.9 Å². The molecular weight excluding hydrogens is 324 g/mol. The molecule has 0 radical (unpaired) electrons. The average Bonchev–Trinajstić information content (AvgIpc) is 2.59. The molecule has 0 bridgehead atoms. The first-order valence-electron chi connectivity index (χ1n) is 8.86. The lowest BCUT2D eigenvalue weighted by Gasteiger charge is -2.31. The fourth-order valence-corrected chi connectivity index (χ4v) is 4.64. The zero-order valence-corrected chi connectivity index (χ0v) is 15.5. The maximum Gasteiger partial charge on any atom is 0.279 e. The highest BCUT2D eigenvalue weighted by molar-refractivity contribution is 7.87. The van der Waals surface area contributed by atoms with Crippen LogP contribution in [0.2, 0.25) is 0 Å². The molecular formula is C18H30N2O3S. The van der Waals surface area contributed by atoms with E-state index in [1.807, 2.05) is 30.3 Å². The second-order valence-corrected chi connectivity index (χ2v) is 8.67. The number of hydrogen-bond acceptors (Lipinski definition) is 3. The SMILES string of the molecule is CC(O)CC(CNS(=O)(=O)N(C)C1CCCCC1)c1ccccc1. The number of hydrogen-bond donors (Lipinski definition) is 2. The summed E-state index contributed by atoms with van der Waals surface area (Å²) < 4.78 is 29.5. The minimum absolute atomic E-state index is 0.0410. The van der Waals surface area contributed by atoms with E-state index >= 15 is 0 Å². The fourth-order valence-electron chi connectivity index (χ4n) is 3.42. The maximum atomic E-state index is 12.6. The number of rotatable bonds is 8. The Balaban J connectivity index is 2.01. The van der Waals surface area contributed by atoms with Gasteiger partial charge in [-0.15, -0.1) is 0 Å². The van der Waals surface area contributed by atoms with Gasteiger partial charge in [-0.05, 0) is 37.7 Å². The number of nitrogens with one attached hydrogen (secondary N) is 1. The molecule has 0 saturated heterocycles. The summed E-state index contributed by atoms with van der Waals surface area (Å²) in [6.45, 7) is 2.03. The molecule has 1 aromatic carbocycles. The van der Waals surface area contributed by atoms with Crippen molar-refractivity contribution in [3.63, 3.8) is 0 Å². The molecule has 0 heterocycles. The Kier molecular flexibility index (Phi) is 7.22. The standard InChI is InChI=1S/C18H30N2O3S/c1-15(21)13-17(16-9-5-3-6-10-16)14-19-24(22,23)20(2)18-11-7-4-8-12-18/h3,5-6,9-10,15,17-19,21H,4,7-8,11-14H2,1-2H3. The number of benzene rings is 1. The van der Waals surface area contributed by atoms with E-state index in [4.69, 9.17) is 0 Å². The summed E-state index contributed by atoms with van der Waals surface area (Å²) in [4.78, 5) is 0. The molecule has 1 aliphatic carbocycles. The van der Waals surface area contributed by atoms with Crippen molar-refractivity contribution >= 4 is 10.2 Å². The van der Waals surface area contributed by atoms with Gasteiger partial charge in [0, 0.05) is 19.6 Å². The van der Waals surface area contributed by atoms with Crippen molar-refractivity contribution in [2.75, 3.05) is 13.6 Å². The molecule has 1 aliphatic rings. The van der Waals surface area contributed by atoms with Crippen LogP contribution < -0.4 is 4.72 Å². The van der Waals surface area contributed by atoms with Gasteiger partial charge in [0.25, 0.3) is 10.2 Å². The lowest BCUT2D eigenvalue weighted by atomic mass is 9.94. The van der Waals surface area contributed by atoms with Crippen molar-refractivity contribution < 1.29 is 13.5 Å². The van der Waals surface area contributed by atoms with Crippen LogP contribution in [0.4, 0.5) is 0 Å². The van der Waals surface area contributed by atoms with Gasteiger partial charge in [-0.25, -0.2) is 4.72 Å². The maximum absolute atomic E-state index is 12.6. The van der Waals surface area contributed by atoms with E-state index in [0.717, 1.165) is 31.2 Å². The van der Waals surface area contributed by atoms with Gasteiger partial charge in [0.2, 0.25) is 0 Å². The molecule has 1 aromatic rings. The highest BCUT2D eigenvalue weighted by atomic mass is 32.2. The topological polar surface area (TPSA) is 69.6 Å². The van der Waals surface area contributed by atoms with Crippen molar-refractivity contribution in [2.45, 2.75) is 63.5 Å². The van der Waals surface area contributed by atoms with E-state index in [-0.39, 0.29) is 12.0 Å². The zero-order chi connectivity index (χ0) is 17.6. The summed E-state index contributed by atoms with van der Waals surface area (Å²) in [6.07, 6.45) is 5.32. The van der Waals surface area contributed by atoms with E-state index in [1.54, 1.807) is 14.0 Å². The van der Waals surface area contributed by atoms with Crippen molar-refractivity contribution in [1.82, 2.24) is 9.03 Å². The Labute approximate surface area is 146 Å². The summed E-state index contributed by atoms with van der Waals surface area (Å²) in [5.74, 6) is -0.0410. The van der Waals surface area contributed by atoms with Crippen LogP contribution in [-0.2, 0) is 10.2 Å². The second kappa shape index (κ2) is 8.94. The summed E-state index contributed by atoms with van der Waals surface area (Å²) in [6, 6.07) is 9.87. The Morgan fingerprint density at radius 2 is 1.83 bits per heavy atom. The molecule has 5 nitrogen and oxygen atoms in total. The third kappa shape index (κ3) is 5.55. The molecule has 0 amide bonds. The summed E-state index contributed by atoms with van der Waals surface area (Å²) in [7, 11) is -1.83. The van der Waals surface area contributed by atoms with Crippen LogP contribution in [0.5, 0.6) is 0 Å². The van der Waals surface area contributed by atoms with Gasteiger partial charge in [-0.2, -0.15) is 12.7 Å². The molecule has 2 atom stereocenters. The van der Waals surface area contributed by atoms with Crippen LogP contribution in [0.25, 0.3) is 0 Å². The quantitative estimate of drug-likeness (QED) is 0.754. The van der Waals surface area contributed by atoms with E-state index in [2.05, 4.69) is 4.72 Å². The Hall–Kier alpha value is -0.950. The molecule has 1 fully saturated rings. The normalized spacial score (nSPS) is 19.3. The molecule has 136 valence electrons. The van der Waals surface area contributed by atoms with Gasteiger partial charge in [0.05, 0.1) is 6.10 Å². The summed E-state index contributed by atoms with van der Waals surface area (Å²) in [5, 5.41) is 9.74. The molecule has 2 rings (SSSR count). The molecule has 6 heteroatoms. The third-order valence-electron chi connectivity index (χ3n) is 4.88. The van der Waals surface area contributed by atoms with Gasteiger partial charge in [0.15, 0.2) is 0 Å². The van der Waals surface area contributed by atoms with Crippen LogP contribution >= 0.6 is 0 Å². The van der Waals surface area contributed by atoms with E-state index in [1.165, 1.54) is 10.7 Å². The number of aliphatic hydroxyl groups excluding tert-OH is 1. The van der Waals surface area contributed by atoms with Gasteiger partial charge in [-0.1, -0.05) is 49.6 Å². The van der Waals surface area contributed by atoms with E-state index < -0.39 is 16.3 Å². The first-order valence-corrected chi connectivity index (χ1v) is 10.3. The Morgan fingerprint density at radius 3 is 2.42 bits per heavy atom. The minimum atomic E-state index is -3.50. The summed E-state index contributed by atoms with van der Waals surface area (Å²) >= 11 is 0. The Morgan fingerprint density at radius 1 is 1.21 bits per heavy atom. The first-order chi connectivity index (χ1) is 11.4. The molecule has 2 N–H and O–H groups in total. The van der Waals surface area contributed by atoms with Gasteiger partial charge in [0.1, 0.15) is 0 Å². The highest BCUT2D eigenvalue weighted by Crippen LogP contribution is 2.24. The van der Waals surface area contributed by atoms with E-state index in [9.17, 15) is 13.5 Å². The number of nitrogens with zero attached hydrogens (tertiary/aromatic N) is 1. The van der Waals surface area contributed by atoms with E-state index in [0.29, 0.717) is 13.0 Å². The lowest BCUT2D eigenvalue weighted by Crippen LogP contribution is -2.46. The molecule has 24 heavy (non-hydrogen) atoms. The smallest absolute Gasteiger partial charge is 0.279 e. The van der Waals surface area contributed by atoms with Crippen LogP contribution in [-0.4, -0.2) is 43.6 Å². The van der Waals surface area contributed by atoms with Gasteiger partial charge < -0.3 is 5.11 Å². The largest absolute Gasteiger partial charge is 0.393 e. The second-order valence-electron chi connectivity index (χ2n) is 6.85. The Bertz CT molecular complexity index is 584. The molecule has 1 saturated carbocycles. The van der Waals surface area contributed by atoms with Crippen LogP contribution in [0, 0.1) is 0 Å². The minimum Gasteiger partial charge on any atom is -0.393 e. The first kappa shape index (κ1) is 19.4. The summed E-state index contributed by atoms with van der Waals surface area (Å²) in [5.41, 5.74) is 1.04. The molecule has 0 spiro atoms. The molecule has 0 aromatic heterocycles. The van der Waals surface area contributed by atoms with Gasteiger partial charge >= 0.3 is 0 Å². The van der Waals surface area contributed by atoms with Crippen LogP contribution in [0.3, 0.4) is 0 Å². The zero-order valence-electron chi connectivity index (χ0n) is 14.7. The molecule has 0 aliphatic heterocycles. The van der Waals surface area contributed by atoms with Crippen molar-refractivity contribution in [2.24, 2.45) is 0 Å². The predicted molar refractivity (Wildman–Crippen MR) is 97.0 cm³/mol. The van der Waals surface area contributed by atoms with Crippen molar-refractivity contribution in [1.29, 1.82) is 0 Å². The van der Waals surface area contributed by atoms with Crippen LogP contribution in [0.15, 0.2) is 30.3 Å². The van der Waals surface area contributed by atoms with Gasteiger partial charge in [-0.3, -0.25) is 0 Å². The lowest BCUT2D eigenvalue weighted by molar-refractivity contribution is 0.174. The number of aliphatic hydroxyl groups is 1. The van der Waals surface area contributed by atoms with Crippen LogP contribution in [0.1, 0.15) is 56.9 Å². The average molecular weight is 355 g/mol. The van der Waals surface area contributed by atoms with Crippen molar-refractivity contribution in [3.8, 4) is 0 Å². The fraction of sp³-hybridized carbons (Fsp3) is 0.667.